The number of aliphatic hydroxyl groups excluding tert-OH is 1. The fourth-order valence-corrected chi connectivity index (χ4v) is 3.66. The van der Waals surface area contributed by atoms with Crippen LogP contribution in [-0.2, 0) is 19.7 Å². The molecule has 2 aromatic rings. The quantitative estimate of drug-likeness (QED) is 0.745. The number of nitrogens with one attached hydrogen (secondary N) is 1. The lowest BCUT2D eigenvalue weighted by Crippen LogP contribution is -2.45. The van der Waals surface area contributed by atoms with Crippen LogP contribution in [0.1, 0.15) is 36.5 Å². The Kier molecular flexibility index (Phi) is 7.21. The smallest absolute Gasteiger partial charge is 0.127 e. The van der Waals surface area contributed by atoms with E-state index in [0.717, 1.165) is 54.9 Å². The van der Waals surface area contributed by atoms with Gasteiger partial charge in [0.15, 0.2) is 0 Å². The van der Waals surface area contributed by atoms with Crippen molar-refractivity contribution in [2.24, 2.45) is 0 Å². The normalized spacial score (nSPS) is 17.8. The molecule has 0 unspecified atom stereocenters. The lowest BCUT2D eigenvalue weighted by molar-refractivity contribution is 0.181. The van der Waals surface area contributed by atoms with Crippen LogP contribution >= 0.6 is 0 Å². The predicted molar refractivity (Wildman–Crippen MR) is 105 cm³/mol. The van der Waals surface area contributed by atoms with Gasteiger partial charge in [0.05, 0.1) is 13.2 Å². The minimum Gasteiger partial charge on any atom is -0.494 e. The third-order valence-corrected chi connectivity index (χ3v) is 5.05. The second-order valence-corrected chi connectivity index (χ2v) is 7.08. The number of ether oxygens (including phenoxy) is 1. The van der Waals surface area contributed by atoms with E-state index >= 15 is 0 Å². The highest BCUT2D eigenvalue weighted by Gasteiger charge is 2.20. The molecule has 0 saturated carbocycles. The van der Waals surface area contributed by atoms with E-state index in [-0.39, 0.29) is 12.4 Å². The average molecular weight is 372 g/mol. The van der Waals surface area contributed by atoms with Gasteiger partial charge in [-0.3, -0.25) is 4.90 Å². The number of rotatable bonds is 8. The number of nitrogens with zero attached hydrogens (tertiary/aromatic N) is 1. The highest BCUT2D eigenvalue weighted by Crippen LogP contribution is 2.21. The molecule has 1 saturated heterocycles. The third-order valence-electron chi connectivity index (χ3n) is 5.05. The summed E-state index contributed by atoms with van der Waals surface area (Å²) < 4.78 is 19.4. The summed E-state index contributed by atoms with van der Waals surface area (Å²) in [6.07, 6.45) is 2.23. The van der Waals surface area contributed by atoms with Crippen LogP contribution in [-0.4, -0.2) is 35.7 Å². The molecule has 0 aromatic heterocycles. The maximum atomic E-state index is 13.9. The van der Waals surface area contributed by atoms with Crippen LogP contribution in [0.2, 0.25) is 0 Å². The number of halogens is 1. The summed E-state index contributed by atoms with van der Waals surface area (Å²) in [4.78, 5) is 2.32. The second-order valence-electron chi connectivity index (χ2n) is 7.08. The largest absolute Gasteiger partial charge is 0.494 e. The van der Waals surface area contributed by atoms with Crippen molar-refractivity contribution in [2.45, 2.75) is 45.5 Å². The summed E-state index contributed by atoms with van der Waals surface area (Å²) in [5.41, 5.74) is 2.71. The van der Waals surface area contributed by atoms with Crippen molar-refractivity contribution in [3.8, 4) is 5.75 Å². The number of hydrogen-bond donors (Lipinski definition) is 2. The van der Waals surface area contributed by atoms with Gasteiger partial charge >= 0.3 is 0 Å². The van der Waals surface area contributed by atoms with E-state index in [9.17, 15) is 9.50 Å². The Morgan fingerprint density at radius 1 is 1.22 bits per heavy atom. The number of likely N-dealkylation sites (tertiary alicyclic amines) is 1. The van der Waals surface area contributed by atoms with Crippen LogP contribution in [0.25, 0.3) is 0 Å². The molecule has 0 spiro atoms. The summed E-state index contributed by atoms with van der Waals surface area (Å²) in [7, 11) is 0. The lowest BCUT2D eigenvalue weighted by atomic mass is 10.0. The first kappa shape index (κ1) is 19.8. The first-order valence-corrected chi connectivity index (χ1v) is 9.74. The zero-order chi connectivity index (χ0) is 19.1. The van der Waals surface area contributed by atoms with Crippen molar-refractivity contribution in [1.29, 1.82) is 0 Å². The molecule has 1 heterocycles. The Hall–Kier alpha value is -1.95. The van der Waals surface area contributed by atoms with Gasteiger partial charge in [0.1, 0.15) is 11.6 Å². The topological polar surface area (TPSA) is 44.7 Å². The third kappa shape index (κ3) is 5.51. The van der Waals surface area contributed by atoms with Gasteiger partial charge in [-0.2, -0.15) is 0 Å². The molecule has 0 aliphatic carbocycles. The van der Waals surface area contributed by atoms with E-state index in [4.69, 9.17) is 4.74 Å². The average Bonchev–Trinajstić information content (AvgIpc) is 2.69. The number of benzene rings is 2. The summed E-state index contributed by atoms with van der Waals surface area (Å²) in [6.45, 7) is 5.82. The van der Waals surface area contributed by atoms with E-state index in [2.05, 4.69) is 10.2 Å². The highest BCUT2D eigenvalue weighted by atomic mass is 19.1. The van der Waals surface area contributed by atoms with E-state index < -0.39 is 0 Å². The first-order valence-electron chi connectivity index (χ1n) is 9.74. The van der Waals surface area contributed by atoms with Gasteiger partial charge in [0, 0.05) is 36.8 Å². The molecule has 2 N–H and O–H groups in total. The van der Waals surface area contributed by atoms with Gasteiger partial charge in [-0.15, -0.1) is 0 Å². The van der Waals surface area contributed by atoms with Crippen molar-refractivity contribution in [1.82, 2.24) is 10.2 Å². The summed E-state index contributed by atoms with van der Waals surface area (Å²) in [6, 6.07) is 13.4. The monoisotopic (exact) mass is 372 g/mol. The molecular weight excluding hydrogens is 343 g/mol. The Morgan fingerprint density at radius 3 is 2.85 bits per heavy atom. The number of aliphatic hydroxyl groups is 1. The number of hydrogen-bond acceptors (Lipinski definition) is 4. The molecule has 4 nitrogen and oxygen atoms in total. The predicted octanol–water partition coefficient (Wildman–Crippen LogP) is 3.47. The van der Waals surface area contributed by atoms with Gasteiger partial charge in [-0.1, -0.05) is 24.3 Å². The van der Waals surface area contributed by atoms with Gasteiger partial charge in [-0.05, 0) is 50.1 Å². The van der Waals surface area contributed by atoms with Crippen LogP contribution in [0.4, 0.5) is 4.39 Å². The van der Waals surface area contributed by atoms with Crippen LogP contribution in [0, 0.1) is 5.82 Å². The van der Waals surface area contributed by atoms with Crippen molar-refractivity contribution in [2.75, 3.05) is 19.7 Å². The van der Waals surface area contributed by atoms with Crippen LogP contribution in [0.15, 0.2) is 42.5 Å². The molecule has 146 valence electrons. The molecule has 1 atom stereocenters. The zero-order valence-electron chi connectivity index (χ0n) is 16.0. The van der Waals surface area contributed by atoms with E-state index in [1.54, 1.807) is 6.07 Å². The van der Waals surface area contributed by atoms with Crippen molar-refractivity contribution in [3.05, 3.63) is 65.0 Å². The van der Waals surface area contributed by atoms with E-state index in [1.807, 2.05) is 37.3 Å². The maximum absolute atomic E-state index is 13.9. The van der Waals surface area contributed by atoms with Gasteiger partial charge < -0.3 is 15.2 Å². The summed E-state index contributed by atoms with van der Waals surface area (Å²) in [5.74, 6) is 0.621. The molecule has 1 fully saturated rings. The maximum Gasteiger partial charge on any atom is 0.127 e. The van der Waals surface area contributed by atoms with Gasteiger partial charge in [0.25, 0.3) is 0 Å². The number of piperidine rings is 1. The molecule has 0 bridgehead atoms. The molecule has 1 aliphatic rings. The molecule has 3 rings (SSSR count). The van der Waals surface area contributed by atoms with Gasteiger partial charge in [0.2, 0.25) is 0 Å². The SMILES string of the molecule is CCOc1ccc(CN[C@@H]2CCCN(Cc3ccccc3F)C2)cc1CO. The fourth-order valence-electron chi connectivity index (χ4n) is 3.66. The second kappa shape index (κ2) is 9.83. The van der Waals surface area contributed by atoms with Crippen LogP contribution in [0.3, 0.4) is 0 Å². The molecule has 1 aliphatic heterocycles. The van der Waals surface area contributed by atoms with Crippen LogP contribution < -0.4 is 10.1 Å². The Labute approximate surface area is 161 Å². The molecule has 2 aromatic carbocycles. The molecule has 0 radical (unpaired) electrons. The molecule has 0 amide bonds. The van der Waals surface area contributed by atoms with E-state index in [0.29, 0.717) is 19.2 Å². The minimum absolute atomic E-state index is 0.0248. The zero-order valence-corrected chi connectivity index (χ0v) is 16.0. The van der Waals surface area contributed by atoms with Crippen molar-refractivity contribution >= 4 is 0 Å². The Balaban J connectivity index is 1.54. The highest BCUT2D eigenvalue weighted by molar-refractivity contribution is 5.37. The minimum atomic E-state index is -0.126. The summed E-state index contributed by atoms with van der Waals surface area (Å²) in [5, 5.41) is 13.2. The molecule has 5 heteroatoms. The molecule has 27 heavy (non-hydrogen) atoms. The van der Waals surface area contributed by atoms with Crippen LogP contribution in [0.5, 0.6) is 5.75 Å². The van der Waals surface area contributed by atoms with Crippen molar-refractivity contribution < 1.29 is 14.2 Å². The lowest BCUT2D eigenvalue weighted by Gasteiger charge is -2.33. The summed E-state index contributed by atoms with van der Waals surface area (Å²) >= 11 is 0. The standard InChI is InChI=1S/C22H29FN2O2/c1-2-27-22-10-9-17(12-19(22)16-26)13-24-20-7-5-11-25(15-20)14-18-6-3-4-8-21(18)23/h3-4,6,8-10,12,20,24,26H,2,5,7,11,13-16H2,1H3/t20-/m1/s1. The Bertz CT molecular complexity index is 738. The van der Waals surface area contributed by atoms with Crippen molar-refractivity contribution in [3.63, 3.8) is 0 Å². The van der Waals surface area contributed by atoms with Gasteiger partial charge in [-0.25, -0.2) is 4.39 Å². The Morgan fingerprint density at radius 2 is 2.07 bits per heavy atom. The first-order chi connectivity index (χ1) is 13.2. The fraction of sp³-hybridized carbons (Fsp3) is 0.455. The van der Waals surface area contributed by atoms with E-state index in [1.165, 1.54) is 6.07 Å². The molecular formula is C22H29FN2O2.